The number of ether oxygens (including phenoxy) is 1. The van der Waals surface area contributed by atoms with Crippen molar-refractivity contribution in [2.45, 2.75) is 19.4 Å². The Morgan fingerprint density at radius 3 is 2.52 bits per heavy atom. The van der Waals surface area contributed by atoms with Crippen LogP contribution >= 0.6 is 11.6 Å². The Morgan fingerprint density at radius 1 is 1.11 bits per heavy atom. The zero-order valence-electron chi connectivity index (χ0n) is 14.9. The first kappa shape index (κ1) is 20.4. The van der Waals surface area contributed by atoms with E-state index in [0.717, 1.165) is 11.1 Å². The van der Waals surface area contributed by atoms with Gasteiger partial charge in [-0.15, -0.1) is 0 Å². The minimum atomic E-state index is -0.666. The van der Waals surface area contributed by atoms with Gasteiger partial charge in [0.2, 0.25) is 0 Å². The maximum absolute atomic E-state index is 12.0. The minimum Gasteiger partial charge on any atom is -0.452 e. The molecule has 5 nitrogen and oxygen atoms in total. The standard InChI is InChI=1S/C21H20ClNO4/c1-15(24)19(13-16-6-3-2-4-7-16)23-20(25)14-27-21(26)11-10-17-8-5-9-18(22)12-17/h2-12,19H,13-14H2,1H3,(H,23,25)/b11-10+/t19-/m1/s1. The second kappa shape index (κ2) is 10.3. The lowest BCUT2D eigenvalue weighted by Crippen LogP contribution is -2.43. The number of rotatable bonds is 8. The highest BCUT2D eigenvalue weighted by Crippen LogP contribution is 2.11. The highest BCUT2D eigenvalue weighted by molar-refractivity contribution is 6.30. The molecule has 0 unspecified atom stereocenters. The number of hydrogen-bond donors (Lipinski definition) is 1. The monoisotopic (exact) mass is 385 g/mol. The summed E-state index contributed by atoms with van der Waals surface area (Å²) in [5, 5.41) is 3.15. The second-order valence-corrected chi connectivity index (χ2v) is 6.35. The number of Topliss-reactive ketones (excluding diaryl/α,β-unsaturated/α-hetero) is 1. The van der Waals surface area contributed by atoms with Gasteiger partial charge in [-0.25, -0.2) is 4.79 Å². The molecule has 0 bridgehead atoms. The average Bonchev–Trinajstić information content (AvgIpc) is 2.65. The molecule has 0 aliphatic heterocycles. The Labute approximate surface area is 163 Å². The Kier molecular flexibility index (Phi) is 7.77. The SMILES string of the molecule is CC(=O)[C@@H](Cc1ccccc1)NC(=O)COC(=O)/C=C/c1cccc(Cl)c1. The van der Waals surface area contributed by atoms with Crippen molar-refractivity contribution in [3.8, 4) is 0 Å². The van der Waals surface area contributed by atoms with E-state index in [2.05, 4.69) is 5.32 Å². The molecule has 0 aromatic heterocycles. The van der Waals surface area contributed by atoms with Crippen LogP contribution in [0.1, 0.15) is 18.1 Å². The number of benzene rings is 2. The second-order valence-electron chi connectivity index (χ2n) is 5.92. The summed E-state index contributed by atoms with van der Waals surface area (Å²) in [5.41, 5.74) is 1.67. The fraction of sp³-hybridized carbons (Fsp3) is 0.190. The van der Waals surface area contributed by atoms with Crippen LogP contribution in [0.2, 0.25) is 5.02 Å². The molecule has 140 valence electrons. The minimum absolute atomic E-state index is 0.167. The lowest BCUT2D eigenvalue weighted by Gasteiger charge is -2.16. The van der Waals surface area contributed by atoms with Crippen LogP contribution < -0.4 is 5.32 Å². The smallest absolute Gasteiger partial charge is 0.331 e. The summed E-state index contributed by atoms with van der Waals surface area (Å²) in [6, 6.07) is 15.7. The van der Waals surface area contributed by atoms with Crippen LogP contribution in [0.15, 0.2) is 60.7 Å². The topological polar surface area (TPSA) is 72.5 Å². The fourth-order valence-electron chi connectivity index (χ4n) is 2.34. The van der Waals surface area contributed by atoms with Crippen LogP contribution in [0.5, 0.6) is 0 Å². The molecule has 27 heavy (non-hydrogen) atoms. The average molecular weight is 386 g/mol. The molecule has 6 heteroatoms. The van der Waals surface area contributed by atoms with Crippen LogP contribution in [0, 0.1) is 0 Å². The van der Waals surface area contributed by atoms with Gasteiger partial charge in [0.05, 0.1) is 6.04 Å². The summed E-state index contributed by atoms with van der Waals surface area (Å²) in [5.74, 6) is -1.36. The predicted octanol–water partition coefficient (Wildman–Crippen LogP) is 3.21. The first-order valence-electron chi connectivity index (χ1n) is 8.38. The number of nitrogens with one attached hydrogen (secondary N) is 1. The summed E-state index contributed by atoms with van der Waals surface area (Å²) in [7, 11) is 0. The van der Waals surface area contributed by atoms with Gasteiger partial charge in [-0.2, -0.15) is 0 Å². The molecule has 0 spiro atoms. The molecule has 2 aromatic carbocycles. The van der Waals surface area contributed by atoms with E-state index in [-0.39, 0.29) is 5.78 Å². The molecule has 0 aliphatic rings. The summed E-state index contributed by atoms with van der Waals surface area (Å²) in [4.78, 5) is 35.5. The molecule has 0 aliphatic carbocycles. The highest BCUT2D eigenvalue weighted by atomic mass is 35.5. The molecular weight excluding hydrogens is 366 g/mol. The van der Waals surface area contributed by atoms with Crippen LogP contribution in [-0.4, -0.2) is 30.3 Å². The Hall–Kier alpha value is -2.92. The number of hydrogen-bond acceptors (Lipinski definition) is 4. The summed E-state index contributed by atoms with van der Waals surface area (Å²) in [6.07, 6.45) is 3.13. The highest BCUT2D eigenvalue weighted by Gasteiger charge is 2.18. The zero-order valence-corrected chi connectivity index (χ0v) is 15.6. The molecule has 2 aromatic rings. The summed E-state index contributed by atoms with van der Waals surface area (Å²) in [6.45, 7) is 0.949. The van der Waals surface area contributed by atoms with E-state index in [0.29, 0.717) is 11.4 Å². The van der Waals surface area contributed by atoms with Crippen molar-refractivity contribution < 1.29 is 19.1 Å². The number of carbonyl (C=O) groups is 3. The third-order valence-corrected chi connectivity index (χ3v) is 3.95. The van der Waals surface area contributed by atoms with Crippen molar-refractivity contribution in [2.75, 3.05) is 6.61 Å². The van der Waals surface area contributed by atoms with Gasteiger partial charge in [0.25, 0.3) is 5.91 Å². The van der Waals surface area contributed by atoms with E-state index in [4.69, 9.17) is 16.3 Å². The molecule has 0 radical (unpaired) electrons. The van der Waals surface area contributed by atoms with Crippen LogP contribution in [0.3, 0.4) is 0 Å². The summed E-state index contributed by atoms with van der Waals surface area (Å²) < 4.78 is 4.90. The largest absolute Gasteiger partial charge is 0.452 e. The van der Waals surface area contributed by atoms with E-state index in [1.54, 1.807) is 30.3 Å². The molecule has 0 saturated carbocycles. The number of amides is 1. The number of carbonyl (C=O) groups excluding carboxylic acids is 3. The first-order chi connectivity index (χ1) is 12.9. The number of esters is 1. The number of ketones is 1. The molecular formula is C21H20ClNO4. The third-order valence-electron chi connectivity index (χ3n) is 3.71. The Balaban J connectivity index is 1.82. The quantitative estimate of drug-likeness (QED) is 0.559. The van der Waals surface area contributed by atoms with Gasteiger partial charge in [-0.05, 0) is 42.7 Å². The Morgan fingerprint density at radius 2 is 1.85 bits per heavy atom. The lowest BCUT2D eigenvalue weighted by atomic mass is 10.0. The van der Waals surface area contributed by atoms with Crippen LogP contribution in [0.25, 0.3) is 6.08 Å². The molecule has 1 amide bonds. The van der Waals surface area contributed by atoms with Crippen LogP contribution in [0.4, 0.5) is 0 Å². The van der Waals surface area contributed by atoms with E-state index in [1.807, 2.05) is 30.3 Å². The van der Waals surface area contributed by atoms with Crippen molar-refractivity contribution in [1.82, 2.24) is 5.32 Å². The predicted molar refractivity (Wildman–Crippen MR) is 104 cm³/mol. The lowest BCUT2D eigenvalue weighted by molar-refractivity contribution is -0.144. The van der Waals surface area contributed by atoms with Gasteiger partial charge in [0, 0.05) is 11.1 Å². The van der Waals surface area contributed by atoms with Gasteiger partial charge in [0.15, 0.2) is 12.4 Å². The molecule has 0 saturated heterocycles. The van der Waals surface area contributed by atoms with E-state index in [1.165, 1.54) is 13.0 Å². The van der Waals surface area contributed by atoms with Crippen molar-refractivity contribution in [1.29, 1.82) is 0 Å². The van der Waals surface area contributed by atoms with Crippen molar-refractivity contribution in [3.63, 3.8) is 0 Å². The molecule has 0 heterocycles. The fourth-order valence-corrected chi connectivity index (χ4v) is 2.54. The molecule has 0 fully saturated rings. The maximum atomic E-state index is 12.0. The first-order valence-corrected chi connectivity index (χ1v) is 8.76. The van der Waals surface area contributed by atoms with Gasteiger partial charge >= 0.3 is 5.97 Å². The van der Waals surface area contributed by atoms with Crippen molar-refractivity contribution in [3.05, 3.63) is 76.8 Å². The molecule has 2 rings (SSSR count). The third kappa shape index (κ3) is 7.46. The van der Waals surface area contributed by atoms with Crippen molar-refractivity contribution >= 4 is 35.3 Å². The van der Waals surface area contributed by atoms with E-state index in [9.17, 15) is 14.4 Å². The normalized spacial score (nSPS) is 11.8. The van der Waals surface area contributed by atoms with Crippen LogP contribution in [-0.2, 0) is 25.5 Å². The number of halogens is 1. The van der Waals surface area contributed by atoms with E-state index < -0.39 is 24.5 Å². The maximum Gasteiger partial charge on any atom is 0.331 e. The van der Waals surface area contributed by atoms with E-state index >= 15 is 0 Å². The van der Waals surface area contributed by atoms with Gasteiger partial charge in [0.1, 0.15) is 0 Å². The zero-order chi connectivity index (χ0) is 19.6. The summed E-state index contributed by atoms with van der Waals surface area (Å²) >= 11 is 5.86. The van der Waals surface area contributed by atoms with Gasteiger partial charge < -0.3 is 10.1 Å². The van der Waals surface area contributed by atoms with Gasteiger partial charge in [-0.1, -0.05) is 54.1 Å². The molecule has 1 atom stereocenters. The van der Waals surface area contributed by atoms with Gasteiger partial charge in [-0.3, -0.25) is 9.59 Å². The van der Waals surface area contributed by atoms with Crippen molar-refractivity contribution in [2.24, 2.45) is 0 Å². The molecule has 1 N–H and O–H groups in total. The Bertz CT molecular complexity index is 833.